The molecular weight excluding hydrogens is 445 g/mol. The number of nitrogens with zero attached hydrogens (tertiary/aromatic N) is 3. The van der Waals surface area contributed by atoms with E-state index in [0.717, 1.165) is 31.5 Å². The Kier molecular flexibility index (Phi) is 5.97. The monoisotopic (exact) mass is 461 g/mol. The Hall–Kier alpha value is -1.86. The zero-order valence-corrected chi connectivity index (χ0v) is 19.1. The lowest BCUT2D eigenvalue weighted by Crippen LogP contribution is -2.00. The Balaban J connectivity index is 1.70. The van der Waals surface area contributed by atoms with Crippen LogP contribution in [-0.4, -0.2) is 15.0 Å². The molecule has 3 aromatic heterocycles. The Morgan fingerprint density at radius 2 is 1.83 bits per heavy atom. The molecule has 0 radical (unpaired) electrons. The molecule has 0 fully saturated rings. The summed E-state index contributed by atoms with van der Waals surface area (Å²) in [5.41, 5.74) is 3.50. The van der Waals surface area contributed by atoms with Gasteiger partial charge >= 0.3 is 0 Å². The molecule has 29 heavy (non-hydrogen) atoms. The molecule has 0 N–H and O–H groups in total. The summed E-state index contributed by atoms with van der Waals surface area (Å²) in [4.78, 5) is 15.7. The molecule has 0 unspecified atom stereocenters. The lowest BCUT2D eigenvalue weighted by molar-refractivity contribution is 0.309. The van der Waals surface area contributed by atoms with Gasteiger partial charge in [-0.15, -0.1) is 11.3 Å². The molecule has 4 aromatic rings. The molecule has 3 heterocycles. The number of hydrogen-bond donors (Lipinski definition) is 0. The number of benzene rings is 1. The number of rotatable bonds is 5. The molecule has 8 heteroatoms. The summed E-state index contributed by atoms with van der Waals surface area (Å²) >= 11 is 15.8. The van der Waals surface area contributed by atoms with Gasteiger partial charge in [-0.25, -0.2) is 9.97 Å². The molecular formula is C21H17Cl2N3OS2. The second-order valence-corrected chi connectivity index (χ2v) is 9.81. The molecule has 0 saturated heterocycles. The van der Waals surface area contributed by atoms with Crippen LogP contribution < -0.4 is 4.74 Å². The van der Waals surface area contributed by atoms with E-state index in [1.807, 2.05) is 26.0 Å². The number of thiazole rings is 1. The molecule has 1 aromatic carbocycles. The summed E-state index contributed by atoms with van der Waals surface area (Å²) in [7, 11) is 0. The SMILES string of the molecule is Cc1cc(Sc2nc(C)c(C)s2)c2cccc(OCc3c(Cl)cncc3Cl)c2n1. The molecule has 0 spiro atoms. The quantitative estimate of drug-likeness (QED) is 0.318. The standard InChI is InChI=1S/C21H17Cl2N3OS2/c1-11-7-19(29-21-26-12(2)13(3)28-21)14-5-4-6-18(20(14)25-11)27-10-15-16(22)8-24-9-17(15)23/h4-9H,10H2,1-3H3. The average molecular weight is 462 g/mol. The van der Waals surface area contributed by atoms with Crippen LogP contribution in [0.2, 0.25) is 10.0 Å². The van der Waals surface area contributed by atoms with E-state index < -0.39 is 0 Å². The summed E-state index contributed by atoms with van der Waals surface area (Å²) in [6, 6.07) is 8.01. The van der Waals surface area contributed by atoms with Crippen molar-refractivity contribution >= 4 is 57.2 Å². The van der Waals surface area contributed by atoms with E-state index in [-0.39, 0.29) is 6.61 Å². The van der Waals surface area contributed by atoms with Crippen molar-refractivity contribution in [3.05, 3.63) is 68.5 Å². The molecule has 0 aliphatic carbocycles. The predicted molar refractivity (Wildman–Crippen MR) is 121 cm³/mol. The maximum atomic E-state index is 6.22. The van der Waals surface area contributed by atoms with Gasteiger partial charge in [0.25, 0.3) is 0 Å². The topological polar surface area (TPSA) is 47.9 Å². The number of aromatic nitrogens is 3. The van der Waals surface area contributed by atoms with Crippen LogP contribution in [0, 0.1) is 20.8 Å². The number of fused-ring (bicyclic) bond motifs is 1. The Morgan fingerprint density at radius 1 is 1.07 bits per heavy atom. The first-order valence-corrected chi connectivity index (χ1v) is 11.2. The third-order valence-corrected chi connectivity index (χ3v) is 7.27. The third-order valence-electron chi connectivity index (χ3n) is 4.42. The molecule has 148 valence electrons. The number of ether oxygens (including phenoxy) is 1. The van der Waals surface area contributed by atoms with Crippen molar-refractivity contribution in [3.8, 4) is 5.75 Å². The van der Waals surface area contributed by atoms with Crippen molar-refractivity contribution in [3.63, 3.8) is 0 Å². The number of hydrogen-bond acceptors (Lipinski definition) is 6. The van der Waals surface area contributed by atoms with Crippen molar-refractivity contribution in [2.75, 3.05) is 0 Å². The van der Waals surface area contributed by atoms with Gasteiger partial charge in [0.2, 0.25) is 0 Å². The smallest absolute Gasteiger partial charge is 0.155 e. The summed E-state index contributed by atoms with van der Waals surface area (Å²) in [6.07, 6.45) is 3.12. The Bertz CT molecular complexity index is 1170. The van der Waals surface area contributed by atoms with Crippen LogP contribution in [0.5, 0.6) is 5.75 Å². The van der Waals surface area contributed by atoms with E-state index >= 15 is 0 Å². The first-order valence-electron chi connectivity index (χ1n) is 8.85. The Labute approximate surface area is 187 Å². The van der Waals surface area contributed by atoms with Gasteiger partial charge in [0.1, 0.15) is 17.9 Å². The van der Waals surface area contributed by atoms with E-state index in [1.165, 1.54) is 4.88 Å². The van der Waals surface area contributed by atoms with Crippen LogP contribution in [0.1, 0.15) is 21.8 Å². The highest BCUT2D eigenvalue weighted by molar-refractivity contribution is 8.01. The number of aryl methyl sites for hydroxylation is 3. The maximum Gasteiger partial charge on any atom is 0.155 e. The molecule has 4 rings (SSSR count). The maximum absolute atomic E-state index is 6.22. The van der Waals surface area contributed by atoms with Crippen molar-refractivity contribution in [2.45, 2.75) is 36.6 Å². The highest BCUT2D eigenvalue weighted by Crippen LogP contribution is 2.39. The second kappa shape index (κ2) is 8.48. The van der Waals surface area contributed by atoms with Gasteiger partial charge < -0.3 is 4.74 Å². The highest BCUT2D eigenvalue weighted by atomic mass is 35.5. The minimum Gasteiger partial charge on any atom is -0.487 e. The van der Waals surface area contributed by atoms with E-state index in [2.05, 4.69) is 29.0 Å². The van der Waals surface area contributed by atoms with E-state index in [9.17, 15) is 0 Å². The van der Waals surface area contributed by atoms with Crippen molar-refractivity contribution in [2.24, 2.45) is 0 Å². The van der Waals surface area contributed by atoms with Gasteiger partial charge in [-0.3, -0.25) is 4.98 Å². The minimum atomic E-state index is 0.238. The fourth-order valence-corrected chi connectivity index (χ4v) is 5.62. The minimum absolute atomic E-state index is 0.238. The third kappa shape index (κ3) is 4.36. The van der Waals surface area contributed by atoms with Gasteiger partial charge in [-0.1, -0.05) is 47.1 Å². The van der Waals surface area contributed by atoms with E-state index in [4.69, 9.17) is 32.9 Å². The van der Waals surface area contributed by atoms with Crippen LogP contribution >= 0.6 is 46.3 Å². The molecule has 0 atom stereocenters. The van der Waals surface area contributed by atoms with Crippen molar-refractivity contribution in [1.82, 2.24) is 15.0 Å². The molecule has 0 bridgehead atoms. The average Bonchev–Trinajstić information content (AvgIpc) is 2.98. The summed E-state index contributed by atoms with van der Waals surface area (Å²) in [5.74, 6) is 0.684. The van der Waals surface area contributed by atoms with Gasteiger partial charge in [-0.2, -0.15) is 0 Å². The van der Waals surface area contributed by atoms with Crippen molar-refractivity contribution in [1.29, 1.82) is 0 Å². The lowest BCUT2D eigenvalue weighted by Gasteiger charge is -2.13. The van der Waals surface area contributed by atoms with Crippen LogP contribution in [0.15, 0.2) is 45.9 Å². The lowest BCUT2D eigenvalue weighted by atomic mass is 10.2. The fraction of sp³-hybridized carbons (Fsp3) is 0.190. The van der Waals surface area contributed by atoms with Gasteiger partial charge in [0.05, 0.1) is 15.7 Å². The number of pyridine rings is 2. The Morgan fingerprint density at radius 3 is 2.52 bits per heavy atom. The molecule has 4 nitrogen and oxygen atoms in total. The predicted octanol–water partition coefficient (Wildman–Crippen LogP) is 7.05. The van der Waals surface area contributed by atoms with Gasteiger partial charge in [-0.05, 0) is 32.9 Å². The largest absolute Gasteiger partial charge is 0.487 e. The van der Waals surface area contributed by atoms with Gasteiger partial charge in [0.15, 0.2) is 4.34 Å². The van der Waals surface area contributed by atoms with Gasteiger partial charge in [0, 0.05) is 38.8 Å². The molecule has 0 saturated carbocycles. The highest BCUT2D eigenvalue weighted by Gasteiger charge is 2.14. The fourth-order valence-electron chi connectivity index (χ4n) is 2.82. The summed E-state index contributed by atoms with van der Waals surface area (Å²) < 4.78 is 7.09. The molecule has 0 aliphatic heterocycles. The van der Waals surface area contributed by atoms with E-state index in [0.29, 0.717) is 21.4 Å². The number of halogens is 2. The summed E-state index contributed by atoms with van der Waals surface area (Å²) in [6.45, 7) is 6.35. The first-order chi connectivity index (χ1) is 13.9. The first kappa shape index (κ1) is 20.4. The van der Waals surface area contributed by atoms with Crippen LogP contribution in [0.25, 0.3) is 10.9 Å². The summed E-state index contributed by atoms with van der Waals surface area (Å²) in [5, 5.41) is 1.98. The molecule has 0 amide bonds. The zero-order valence-electron chi connectivity index (χ0n) is 16.0. The van der Waals surface area contributed by atoms with Crippen molar-refractivity contribution < 1.29 is 4.74 Å². The number of para-hydroxylation sites is 1. The second-order valence-electron chi connectivity index (χ2n) is 6.51. The molecule has 0 aliphatic rings. The van der Waals surface area contributed by atoms with Crippen LogP contribution in [0.3, 0.4) is 0 Å². The zero-order chi connectivity index (χ0) is 20.5. The van der Waals surface area contributed by atoms with E-state index in [1.54, 1.807) is 35.5 Å². The normalized spacial score (nSPS) is 11.2. The van der Waals surface area contributed by atoms with Crippen LogP contribution in [-0.2, 0) is 6.61 Å². The van der Waals surface area contributed by atoms with Crippen LogP contribution in [0.4, 0.5) is 0 Å².